The molecule has 0 aliphatic heterocycles. The van der Waals surface area contributed by atoms with Gasteiger partial charge < -0.3 is 15.2 Å². The Labute approximate surface area is 95.0 Å². The van der Waals surface area contributed by atoms with E-state index in [1.807, 2.05) is 6.92 Å². The molecule has 0 bridgehead atoms. The molecule has 1 unspecified atom stereocenters. The average molecular weight is 230 g/mol. The summed E-state index contributed by atoms with van der Waals surface area (Å²) in [5, 5.41) is 13.4. The molecule has 1 aromatic rings. The zero-order chi connectivity index (χ0) is 11.3. The van der Waals surface area contributed by atoms with Gasteiger partial charge in [0, 0.05) is 6.54 Å². The van der Waals surface area contributed by atoms with E-state index in [0.29, 0.717) is 17.3 Å². The van der Waals surface area contributed by atoms with Crippen molar-refractivity contribution in [3.8, 4) is 5.75 Å². The van der Waals surface area contributed by atoms with Crippen molar-refractivity contribution in [1.82, 2.24) is 5.32 Å². The number of aliphatic hydroxyl groups is 1. The van der Waals surface area contributed by atoms with E-state index in [9.17, 15) is 5.11 Å². The largest absolute Gasteiger partial charge is 0.495 e. The molecule has 84 valence electrons. The maximum absolute atomic E-state index is 9.80. The lowest BCUT2D eigenvalue weighted by Gasteiger charge is -2.13. The molecule has 3 nitrogen and oxygen atoms in total. The van der Waals surface area contributed by atoms with Crippen LogP contribution in [-0.2, 0) is 0 Å². The Bertz CT molecular complexity index is 317. The molecule has 1 aromatic carbocycles. The summed E-state index contributed by atoms with van der Waals surface area (Å²) in [4.78, 5) is 0. The molecule has 0 heterocycles. The summed E-state index contributed by atoms with van der Waals surface area (Å²) < 4.78 is 5.08. The Morgan fingerprint density at radius 1 is 1.53 bits per heavy atom. The Morgan fingerprint density at radius 3 is 2.87 bits per heavy atom. The van der Waals surface area contributed by atoms with E-state index in [4.69, 9.17) is 16.3 Å². The van der Waals surface area contributed by atoms with Crippen molar-refractivity contribution in [3.05, 3.63) is 28.8 Å². The number of halogens is 1. The standard InChI is InChI=1S/C11H16ClNO2/c1-3-13-7-10(14)8-4-5-9(12)11(6-8)15-2/h4-6,10,13-14H,3,7H2,1-2H3. The first-order chi connectivity index (χ1) is 7.19. The highest BCUT2D eigenvalue weighted by molar-refractivity contribution is 6.32. The molecule has 1 atom stereocenters. The normalized spacial score (nSPS) is 12.5. The highest BCUT2D eigenvalue weighted by Crippen LogP contribution is 2.27. The summed E-state index contributed by atoms with van der Waals surface area (Å²) in [6.07, 6.45) is -0.531. The van der Waals surface area contributed by atoms with Gasteiger partial charge in [-0.15, -0.1) is 0 Å². The van der Waals surface area contributed by atoms with Crippen LogP contribution in [0, 0.1) is 0 Å². The topological polar surface area (TPSA) is 41.5 Å². The summed E-state index contributed by atoms with van der Waals surface area (Å²) in [6.45, 7) is 3.36. The Morgan fingerprint density at radius 2 is 2.27 bits per heavy atom. The Hall–Kier alpha value is -0.770. The van der Waals surface area contributed by atoms with Crippen molar-refractivity contribution < 1.29 is 9.84 Å². The van der Waals surface area contributed by atoms with E-state index in [-0.39, 0.29) is 0 Å². The second kappa shape index (κ2) is 5.95. The maximum Gasteiger partial charge on any atom is 0.137 e. The number of rotatable bonds is 5. The first kappa shape index (κ1) is 12.3. The van der Waals surface area contributed by atoms with Crippen LogP contribution in [0.1, 0.15) is 18.6 Å². The quantitative estimate of drug-likeness (QED) is 0.812. The Balaban J connectivity index is 2.76. The zero-order valence-corrected chi connectivity index (χ0v) is 9.71. The molecule has 0 amide bonds. The predicted octanol–water partition coefficient (Wildman–Crippen LogP) is 1.99. The summed E-state index contributed by atoms with van der Waals surface area (Å²) in [7, 11) is 1.56. The third kappa shape index (κ3) is 3.38. The molecule has 0 aliphatic carbocycles. The first-order valence-corrected chi connectivity index (χ1v) is 5.29. The van der Waals surface area contributed by atoms with E-state index in [0.717, 1.165) is 12.1 Å². The molecular formula is C11H16ClNO2. The van der Waals surface area contributed by atoms with Gasteiger partial charge in [-0.2, -0.15) is 0 Å². The van der Waals surface area contributed by atoms with Crippen LogP contribution in [0.3, 0.4) is 0 Å². The number of benzene rings is 1. The molecule has 0 aliphatic rings. The van der Waals surface area contributed by atoms with E-state index in [2.05, 4.69) is 5.32 Å². The molecular weight excluding hydrogens is 214 g/mol. The lowest BCUT2D eigenvalue weighted by atomic mass is 10.1. The molecule has 15 heavy (non-hydrogen) atoms. The van der Waals surface area contributed by atoms with Gasteiger partial charge in [-0.3, -0.25) is 0 Å². The predicted molar refractivity (Wildman–Crippen MR) is 61.5 cm³/mol. The minimum atomic E-state index is -0.531. The van der Waals surface area contributed by atoms with Crippen molar-refractivity contribution in [3.63, 3.8) is 0 Å². The summed E-state index contributed by atoms with van der Waals surface area (Å²) in [5.74, 6) is 0.588. The fraction of sp³-hybridized carbons (Fsp3) is 0.455. The van der Waals surface area contributed by atoms with Crippen LogP contribution >= 0.6 is 11.6 Å². The minimum Gasteiger partial charge on any atom is -0.495 e. The van der Waals surface area contributed by atoms with Crippen molar-refractivity contribution in [2.24, 2.45) is 0 Å². The lowest BCUT2D eigenvalue weighted by molar-refractivity contribution is 0.175. The van der Waals surface area contributed by atoms with Gasteiger partial charge in [0.25, 0.3) is 0 Å². The fourth-order valence-corrected chi connectivity index (χ4v) is 1.48. The average Bonchev–Trinajstić information content (AvgIpc) is 2.26. The fourth-order valence-electron chi connectivity index (χ4n) is 1.28. The van der Waals surface area contributed by atoms with Crippen LogP contribution < -0.4 is 10.1 Å². The number of likely N-dealkylation sites (N-methyl/N-ethyl adjacent to an activating group) is 1. The number of ether oxygens (including phenoxy) is 1. The second-order valence-corrected chi connectivity index (χ2v) is 3.62. The van der Waals surface area contributed by atoms with Crippen molar-refractivity contribution >= 4 is 11.6 Å². The molecule has 4 heteroatoms. The molecule has 0 saturated heterocycles. The molecule has 0 fully saturated rings. The van der Waals surface area contributed by atoms with Gasteiger partial charge in [-0.25, -0.2) is 0 Å². The summed E-state index contributed by atoms with van der Waals surface area (Å²) in [5.41, 5.74) is 0.803. The van der Waals surface area contributed by atoms with Gasteiger partial charge in [0.15, 0.2) is 0 Å². The molecule has 0 saturated carbocycles. The van der Waals surface area contributed by atoms with Crippen LogP contribution in [0.4, 0.5) is 0 Å². The number of nitrogens with one attached hydrogen (secondary N) is 1. The maximum atomic E-state index is 9.80. The van der Waals surface area contributed by atoms with Gasteiger partial charge >= 0.3 is 0 Å². The van der Waals surface area contributed by atoms with Crippen LogP contribution in [0.15, 0.2) is 18.2 Å². The van der Waals surface area contributed by atoms with Gasteiger partial charge in [0.2, 0.25) is 0 Å². The summed E-state index contributed by atoms with van der Waals surface area (Å²) in [6, 6.07) is 5.28. The van der Waals surface area contributed by atoms with Gasteiger partial charge in [-0.1, -0.05) is 24.6 Å². The van der Waals surface area contributed by atoms with Gasteiger partial charge in [-0.05, 0) is 24.2 Å². The molecule has 1 rings (SSSR count). The van der Waals surface area contributed by atoms with E-state index in [1.165, 1.54) is 0 Å². The SMILES string of the molecule is CCNCC(O)c1ccc(Cl)c(OC)c1. The van der Waals surface area contributed by atoms with Crippen molar-refractivity contribution in [2.75, 3.05) is 20.2 Å². The highest BCUT2D eigenvalue weighted by atomic mass is 35.5. The molecule has 0 aromatic heterocycles. The first-order valence-electron chi connectivity index (χ1n) is 4.91. The molecule has 0 spiro atoms. The van der Waals surface area contributed by atoms with Crippen LogP contribution in [0.25, 0.3) is 0 Å². The van der Waals surface area contributed by atoms with Gasteiger partial charge in [0.05, 0.1) is 18.2 Å². The number of hydrogen-bond donors (Lipinski definition) is 2. The molecule has 0 radical (unpaired) electrons. The number of aliphatic hydroxyl groups excluding tert-OH is 1. The van der Waals surface area contributed by atoms with E-state index in [1.54, 1.807) is 25.3 Å². The van der Waals surface area contributed by atoms with Crippen LogP contribution in [0.5, 0.6) is 5.75 Å². The smallest absolute Gasteiger partial charge is 0.137 e. The van der Waals surface area contributed by atoms with E-state index < -0.39 is 6.10 Å². The van der Waals surface area contributed by atoms with Crippen LogP contribution in [0.2, 0.25) is 5.02 Å². The van der Waals surface area contributed by atoms with Crippen LogP contribution in [-0.4, -0.2) is 25.3 Å². The minimum absolute atomic E-state index is 0.529. The van der Waals surface area contributed by atoms with Crippen molar-refractivity contribution in [2.45, 2.75) is 13.0 Å². The van der Waals surface area contributed by atoms with Gasteiger partial charge in [0.1, 0.15) is 5.75 Å². The lowest BCUT2D eigenvalue weighted by Crippen LogP contribution is -2.20. The third-order valence-corrected chi connectivity index (χ3v) is 2.46. The van der Waals surface area contributed by atoms with E-state index >= 15 is 0 Å². The zero-order valence-electron chi connectivity index (χ0n) is 8.96. The third-order valence-electron chi connectivity index (χ3n) is 2.15. The second-order valence-electron chi connectivity index (χ2n) is 3.22. The highest BCUT2D eigenvalue weighted by Gasteiger charge is 2.09. The molecule has 2 N–H and O–H groups in total. The van der Waals surface area contributed by atoms with Crippen molar-refractivity contribution in [1.29, 1.82) is 0 Å². The number of methoxy groups -OCH3 is 1. The monoisotopic (exact) mass is 229 g/mol. The Kier molecular flexibility index (Phi) is 4.88. The summed E-state index contributed by atoms with van der Waals surface area (Å²) >= 11 is 5.88. The number of hydrogen-bond acceptors (Lipinski definition) is 3.